The van der Waals surface area contributed by atoms with E-state index in [1.54, 1.807) is 42.5 Å². The molecule has 4 aromatic rings. The van der Waals surface area contributed by atoms with Gasteiger partial charge in [0.1, 0.15) is 18.1 Å². The minimum atomic E-state index is -0.278. The Balaban J connectivity index is 1.57. The number of hydrogen-bond donors (Lipinski definition) is 0. The molecule has 1 heterocycles. The van der Waals surface area contributed by atoms with E-state index in [-0.39, 0.29) is 19.1 Å². The van der Waals surface area contributed by atoms with Crippen LogP contribution in [0.15, 0.2) is 66.7 Å². The van der Waals surface area contributed by atoms with Gasteiger partial charge < -0.3 is 9.47 Å². The Morgan fingerprint density at radius 2 is 1.63 bits per heavy atom. The summed E-state index contributed by atoms with van der Waals surface area (Å²) in [6, 6.07) is 19.1. The van der Waals surface area contributed by atoms with Crippen molar-refractivity contribution in [3.05, 3.63) is 87.6 Å². The van der Waals surface area contributed by atoms with Gasteiger partial charge in [-0.25, -0.2) is 4.98 Å². The largest absolute Gasteiger partial charge is 0.484 e. The fraction of sp³-hybridized carbons (Fsp3) is 0.0909. The van der Waals surface area contributed by atoms with Gasteiger partial charge in [-0.15, -0.1) is 0 Å². The summed E-state index contributed by atoms with van der Waals surface area (Å²) in [5, 5.41) is 1.48. The molecule has 0 atom stereocenters. The molecule has 4 rings (SSSR count). The van der Waals surface area contributed by atoms with Crippen molar-refractivity contribution in [2.24, 2.45) is 0 Å². The average molecular weight is 462 g/mol. The number of aromatic nitrogens is 2. The van der Waals surface area contributed by atoms with E-state index in [0.29, 0.717) is 43.4 Å². The van der Waals surface area contributed by atoms with Gasteiger partial charge in [0.05, 0.1) is 16.1 Å². The third-order valence-electron chi connectivity index (χ3n) is 4.31. The molecular weight excluding hydrogens is 447 g/mol. The van der Waals surface area contributed by atoms with Crippen LogP contribution in [-0.2, 0) is 6.61 Å². The number of carbonyl (C=O) groups is 1. The van der Waals surface area contributed by atoms with E-state index in [9.17, 15) is 4.79 Å². The van der Waals surface area contributed by atoms with E-state index in [1.165, 1.54) is 4.57 Å². The highest BCUT2D eigenvalue weighted by molar-refractivity contribution is 6.35. The predicted octanol–water partition coefficient (Wildman–Crippen LogP) is 6.29. The van der Waals surface area contributed by atoms with E-state index in [2.05, 4.69) is 4.98 Å². The van der Waals surface area contributed by atoms with Crippen LogP contribution in [0.4, 0.5) is 0 Å². The minimum absolute atomic E-state index is 0.0444. The number of ether oxygens (including phenoxy) is 2. The van der Waals surface area contributed by atoms with E-state index in [1.807, 2.05) is 24.3 Å². The molecule has 0 saturated heterocycles. The summed E-state index contributed by atoms with van der Waals surface area (Å²) < 4.78 is 12.9. The zero-order valence-corrected chi connectivity index (χ0v) is 17.8. The van der Waals surface area contributed by atoms with Crippen molar-refractivity contribution >= 4 is 51.7 Å². The van der Waals surface area contributed by atoms with Crippen molar-refractivity contribution in [3.8, 4) is 11.5 Å². The van der Waals surface area contributed by atoms with Gasteiger partial charge in [-0.3, -0.25) is 9.36 Å². The topological polar surface area (TPSA) is 53.4 Å². The van der Waals surface area contributed by atoms with Gasteiger partial charge in [-0.2, -0.15) is 0 Å². The van der Waals surface area contributed by atoms with Gasteiger partial charge in [0, 0.05) is 10.0 Å². The Labute approximate surface area is 187 Å². The Bertz CT molecular complexity index is 1210. The van der Waals surface area contributed by atoms with Crippen LogP contribution in [0.2, 0.25) is 15.1 Å². The van der Waals surface area contributed by atoms with Crippen LogP contribution in [0.5, 0.6) is 11.5 Å². The van der Waals surface area contributed by atoms with E-state index in [0.717, 1.165) is 0 Å². The maximum atomic E-state index is 13.0. The van der Waals surface area contributed by atoms with Crippen molar-refractivity contribution in [2.45, 2.75) is 6.61 Å². The summed E-state index contributed by atoms with van der Waals surface area (Å²) in [4.78, 5) is 17.5. The van der Waals surface area contributed by atoms with E-state index < -0.39 is 0 Å². The standard InChI is InChI=1S/C22H15Cl3N2O3/c23-14-5-8-16(9-6-14)29-13-22(28)27-19-4-2-1-3-18(19)26-21(27)12-30-20-10-7-15(24)11-17(20)25/h1-11H,12-13H2. The van der Waals surface area contributed by atoms with Crippen molar-refractivity contribution in [1.29, 1.82) is 0 Å². The zero-order chi connectivity index (χ0) is 21.1. The lowest BCUT2D eigenvalue weighted by Gasteiger charge is -2.11. The number of rotatable bonds is 6. The van der Waals surface area contributed by atoms with Crippen LogP contribution < -0.4 is 9.47 Å². The van der Waals surface area contributed by atoms with Gasteiger partial charge in [0.25, 0.3) is 5.91 Å². The van der Waals surface area contributed by atoms with Gasteiger partial charge in [-0.05, 0) is 54.6 Å². The lowest BCUT2D eigenvalue weighted by molar-refractivity contribution is 0.0834. The lowest BCUT2D eigenvalue weighted by Crippen LogP contribution is -2.22. The molecule has 5 nitrogen and oxygen atoms in total. The summed E-state index contributed by atoms with van der Waals surface area (Å²) >= 11 is 18.0. The molecule has 3 aromatic carbocycles. The molecule has 0 amide bonds. The Morgan fingerprint density at radius 1 is 0.900 bits per heavy atom. The summed E-state index contributed by atoms with van der Waals surface area (Å²) in [5.74, 6) is 1.15. The molecule has 0 radical (unpaired) electrons. The van der Waals surface area contributed by atoms with Crippen LogP contribution in [-0.4, -0.2) is 22.1 Å². The van der Waals surface area contributed by atoms with E-state index >= 15 is 0 Å². The number of halogens is 3. The molecule has 0 fully saturated rings. The molecule has 0 N–H and O–H groups in total. The predicted molar refractivity (Wildman–Crippen MR) is 118 cm³/mol. The average Bonchev–Trinajstić information content (AvgIpc) is 3.11. The normalized spacial score (nSPS) is 10.9. The van der Waals surface area contributed by atoms with Crippen molar-refractivity contribution < 1.29 is 14.3 Å². The van der Waals surface area contributed by atoms with Gasteiger partial charge in [0.2, 0.25) is 0 Å². The second kappa shape index (κ2) is 8.96. The number of hydrogen-bond acceptors (Lipinski definition) is 4. The summed E-state index contributed by atoms with van der Waals surface area (Å²) in [6.07, 6.45) is 0. The first-order valence-electron chi connectivity index (χ1n) is 8.97. The van der Waals surface area contributed by atoms with Crippen molar-refractivity contribution in [1.82, 2.24) is 9.55 Å². The first kappa shape index (κ1) is 20.5. The molecule has 0 aliphatic rings. The van der Waals surface area contributed by atoms with Gasteiger partial charge in [0.15, 0.2) is 12.4 Å². The van der Waals surface area contributed by atoms with Crippen molar-refractivity contribution in [2.75, 3.05) is 6.61 Å². The Hall–Kier alpha value is -2.73. The zero-order valence-electron chi connectivity index (χ0n) is 15.5. The molecular formula is C22H15Cl3N2O3. The van der Waals surface area contributed by atoms with Crippen molar-refractivity contribution in [3.63, 3.8) is 0 Å². The van der Waals surface area contributed by atoms with Gasteiger partial charge in [-0.1, -0.05) is 46.9 Å². The Kier molecular flexibility index (Phi) is 6.13. The number of benzene rings is 3. The summed E-state index contributed by atoms with van der Waals surface area (Å²) in [7, 11) is 0. The molecule has 0 saturated carbocycles. The fourth-order valence-corrected chi connectivity index (χ4v) is 3.52. The quantitative estimate of drug-likeness (QED) is 0.338. The molecule has 8 heteroatoms. The second-order valence-corrected chi connectivity index (χ2v) is 7.63. The summed E-state index contributed by atoms with van der Waals surface area (Å²) in [6.45, 7) is -0.126. The SMILES string of the molecule is O=C(COc1ccc(Cl)cc1)n1c(COc2ccc(Cl)cc2Cl)nc2ccccc21. The molecule has 0 spiro atoms. The summed E-state index contributed by atoms with van der Waals surface area (Å²) in [5.41, 5.74) is 1.35. The molecule has 0 unspecified atom stereocenters. The van der Waals surface area contributed by atoms with Crippen LogP contribution in [0.1, 0.15) is 10.6 Å². The van der Waals surface area contributed by atoms with Crippen LogP contribution in [0.25, 0.3) is 11.0 Å². The molecule has 0 aliphatic carbocycles. The van der Waals surface area contributed by atoms with E-state index in [4.69, 9.17) is 44.3 Å². The Morgan fingerprint density at radius 3 is 2.40 bits per heavy atom. The highest BCUT2D eigenvalue weighted by Crippen LogP contribution is 2.28. The number of nitrogens with zero attached hydrogens (tertiary/aromatic N) is 2. The molecule has 152 valence electrons. The second-order valence-electron chi connectivity index (χ2n) is 6.35. The minimum Gasteiger partial charge on any atom is -0.484 e. The van der Waals surface area contributed by atoms with Crippen LogP contribution in [0, 0.1) is 0 Å². The maximum Gasteiger partial charge on any atom is 0.270 e. The first-order chi connectivity index (χ1) is 14.5. The molecule has 0 aliphatic heterocycles. The van der Waals surface area contributed by atoms with Gasteiger partial charge >= 0.3 is 0 Å². The molecule has 0 bridgehead atoms. The van der Waals surface area contributed by atoms with Crippen LogP contribution >= 0.6 is 34.8 Å². The lowest BCUT2D eigenvalue weighted by atomic mass is 10.3. The first-order valence-corrected chi connectivity index (χ1v) is 10.1. The number of imidazole rings is 1. The molecule has 1 aromatic heterocycles. The monoisotopic (exact) mass is 460 g/mol. The highest BCUT2D eigenvalue weighted by Gasteiger charge is 2.18. The molecule has 30 heavy (non-hydrogen) atoms. The fourth-order valence-electron chi connectivity index (χ4n) is 2.93. The smallest absolute Gasteiger partial charge is 0.270 e. The highest BCUT2D eigenvalue weighted by atomic mass is 35.5. The number of para-hydroxylation sites is 2. The number of carbonyl (C=O) groups excluding carboxylic acids is 1. The number of fused-ring (bicyclic) bond motifs is 1. The third-order valence-corrected chi connectivity index (χ3v) is 5.09. The third kappa shape index (κ3) is 4.54. The van der Waals surface area contributed by atoms with Crippen LogP contribution in [0.3, 0.4) is 0 Å². The maximum absolute atomic E-state index is 13.0.